The molecule has 2 N–H and O–H groups in total. The van der Waals surface area contributed by atoms with Gasteiger partial charge in [0.1, 0.15) is 0 Å². The highest BCUT2D eigenvalue weighted by molar-refractivity contribution is 7.99. The van der Waals surface area contributed by atoms with E-state index < -0.39 is 0 Å². The minimum absolute atomic E-state index is 1.02. The second kappa shape index (κ2) is 14.1. The fourth-order valence-electron chi connectivity index (χ4n) is 3.69. The molecule has 0 radical (unpaired) electrons. The zero-order valence-corrected chi connectivity index (χ0v) is 19.7. The Bertz CT molecular complexity index is 788. The second-order valence-electron chi connectivity index (χ2n) is 8.07. The molecular formula is C27H37N3S. The van der Waals surface area contributed by atoms with E-state index in [0.29, 0.717) is 0 Å². The lowest BCUT2D eigenvalue weighted by Crippen LogP contribution is -2.16. The molecular weight excluding hydrogens is 398 g/mol. The van der Waals surface area contributed by atoms with Crippen LogP contribution in [0.25, 0.3) is 22.5 Å². The lowest BCUT2D eigenvalue weighted by molar-refractivity contribution is 0.564. The van der Waals surface area contributed by atoms with Crippen LogP contribution in [0, 0.1) is 0 Å². The van der Waals surface area contributed by atoms with E-state index >= 15 is 0 Å². The van der Waals surface area contributed by atoms with Crippen LogP contribution in [-0.4, -0.2) is 28.8 Å². The van der Waals surface area contributed by atoms with E-state index in [1.807, 2.05) is 11.8 Å². The van der Waals surface area contributed by atoms with Gasteiger partial charge in [0.25, 0.3) is 0 Å². The Morgan fingerprint density at radius 2 is 1.35 bits per heavy atom. The Morgan fingerprint density at radius 3 is 2.06 bits per heavy atom. The summed E-state index contributed by atoms with van der Waals surface area (Å²) >= 11 is 1.85. The quantitative estimate of drug-likeness (QED) is 0.191. The van der Waals surface area contributed by atoms with Crippen LogP contribution in [-0.2, 0) is 0 Å². The summed E-state index contributed by atoms with van der Waals surface area (Å²) in [6.07, 6.45) is 10.5. The van der Waals surface area contributed by atoms with Crippen molar-refractivity contribution in [3.63, 3.8) is 0 Å². The van der Waals surface area contributed by atoms with Crippen LogP contribution in [0.4, 0.5) is 0 Å². The first-order valence-electron chi connectivity index (χ1n) is 11.9. The SMILES string of the molecule is CCCCNCCCCCCCCSc1nc(-c2ccccc2)c(-c2ccccc2)[nH]1. The summed E-state index contributed by atoms with van der Waals surface area (Å²) in [6, 6.07) is 21.0. The first-order valence-corrected chi connectivity index (χ1v) is 12.9. The molecule has 31 heavy (non-hydrogen) atoms. The Morgan fingerprint density at radius 1 is 0.742 bits per heavy atom. The fraction of sp³-hybridized carbons (Fsp3) is 0.444. The molecule has 3 aromatic rings. The Kier molecular flexibility index (Phi) is 10.7. The molecule has 1 aromatic heterocycles. The van der Waals surface area contributed by atoms with Gasteiger partial charge in [-0.05, 0) is 32.4 Å². The van der Waals surface area contributed by atoms with Gasteiger partial charge in [-0.15, -0.1) is 0 Å². The second-order valence-corrected chi connectivity index (χ2v) is 9.15. The van der Waals surface area contributed by atoms with Crippen molar-refractivity contribution in [1.82, 2.24) is 15.3 Å². The first kappa shape index (κ1) is 23.6. The number of nitrogens with one attached hydrogen (secondary N) is 2. The normalized spacial score (nSPS) is 11.1. The van der Waals surface area contributed by atoms with Gasteiger partial charge in [0, 0.05) is 16.9 Å². The van der Waals surface area contributed by atoms with E-state index in [0.717, 1.165) is 27.9 Å². The van der Waals surface area contributed by atoms with Crippen LogP contribution in [0.2, 0.25) is 0 Å². The number of aromatic amines is 1. The average Bonchev–Trinajstić information content (AvgIpc) is 3.25. The smallest absolute Gasteiger partial charge is 0.166 e. The van der Waals surface area contributed by atoms with Gasteiger partial charge in [-0.1, -0.05) is 111 Å². The monoisotopic (exact) mass is 435 g/mol. The van der Waals surface area contributed by atoms with Crippen molar-refractivity contribution in [3.05, 3.63) is 60.7 Å². The van der Waals surface area contributed by atoms with Crippen LogP contribution >= 0.6 is 11.8 Å². The Balaban J connectivity index is 1.41. The molecule has 0 aliphatic carbocycles. The number of hydrogen-bond donors (Lipinski definition) is 2. The minimum atomic E-state index is 1.02. The van der Waals surface area contributed by atoms with E-state index in [1.165, 1.54) is 70.0 Å². The predicted molar refractivity (Wildman–Crippen MR) is 136 cm³/mol. The molecule has 0 unspecified atom stereocenters. The van der Waals surface area contributed by atoms with Crippen LogP contribution in [0.3, 0.4) is 0 Å². The predicted octanol–water partition coefficient (Wildman–Crippen LogP) is 7.57. The van der Waals surface area contributed by atoms with Gasteiger partial charge in [-0.3, -0.25) is 0 Å². The van der Waals surface area contributed by atoms with Gasteiger partial charge in [0.15, 0.2) is 5.16 Å². The van der Waals surface area contributed by atoms with Crippen molar-refractivity contribution >= 4 is 11.8 Å². The molecule has 0 amide bonds. The van der Waals surface area contributed by atoms with E-state index in [4.69, 9.17) is 4.98 Å². The van der Waals surface area contributed by atoms with Crippen molar-refractivity contribution in [3.8, 4) is 22.5 Å². The van der Waals surface area contributed by atoms with Crippen molar-refractivity contribution < 1.29 is 0 Å². The number of H-pyrrole nitrogens is 1. The maximum Gasteiger partial charge on any atom is 0.166 e. The third kappa shape index (κ3) is 8.19. The largest absolute Gasteiger partial charge is 0.332 e. The van der Waals surface area contributed by atoms with Crippen molar-refractivity contribution in [1.29, 1.82) is 0 Å². The lowest BCUT2D eigenvalue weighted by Gasteiger charge is -2.04. The Labute approximate surface area is 192 Å². The van der Waals surface area contributed by atoms with E-state index in [-0.39, 0.29) is 0 Å². The molecule has 4 heteroatoms. The molecule has 0 spiro atoms. The first-order chi connectivity index (χ1) is 15.4. The van der Waals surface area contributed by atoms with E-state index in [1.54, 1.807) is 0 Å². The Hall–Kier alpha value is -2.04. The van der Waals surface area contributed by atoms with Crippen molar-refractivity contribution in [2.24, 2.45) is 0 Å². The van der Waals surface area contributed by atoms with E-state index in [9.17, 15) is 0 Å². The summed E-state index contributed by atoms with van der Waals surface area (Å²) in [6.45, 7) is 4.61. The summed E-state index contributed by atoms with van der Waals surface area (Å²) in [7, 11) is 0. The number of thioether (sulfide) groups is 1. The molecule has 0 saturated heterocycles. The minimum Gasteiger partial charge on any atom is -0.332 e. The van der Waals surface area contributed by atoms with Gasteiger partial charge in [0.05, 0.1) is 11.4 Å². The molecule has 0 atom stereocenters. The van der Waals surface area contributed by atoms with Gasteiger partial charge >= 0.3 is 0 Å². The van der Waals surface area contributed by atoms with Gasteiger partial charge in [0.2, 0.25) is 0 Å². The molecule has 3 rings (SSSR count). The van der Waals surface area contributed by atoms with E-state index in [2.05, 4.69) is 77.9 Å². The molecule has 0 fully saturated rings. The highest BCUT2D eigenvalue weighted by atomic mass is 32.2. The van der Waals surface area contributed by atoms with Crippen molar-refractivity contribution in [2.75, 3.05) is 18.8 Å². The molecule has 3 nitrogen and oxygen atoms in total. The molecule has 2 aromatic carbocycles. The number of imidazole rings is 1. The summed E-state index contributed by atoms with van der Waals surface area (Å²) in [5.41, 5.74) is 4.50. The molecule has 1 heterocycles. The molecule has 0 aliphatic heterocycles. The third-order valence-electron chi connectivity index (χ3n) is 5.49. The fourth-order valence-corrected chi connectivity index (χ4v) is 4.57. The molecule has 0 saturated carbocycles. The molecule has 166 valence electrons. The zero-order chi connectivity index (χ0) is 21.6. The molecule has 0 bridgehead atoms. The summed E-state index contributed by atoms with van der Waals surface area (Å²) in [5, 5.41) is 4.56. The molecule has 0 aliphatic rings. The lowest BCUT2D eigenvalue weighted by atomic mass is 10.1. The van der Waals surface area contributed by atoms with Gasteiger partial charge < -0.3 is 10.3 Å². The van der Waals surface area contributed by atoms with Crippen LogP contribution < -0.4 is 5.32 Å². The standard InChI is InChI=1S/C27H37N3S/c1-2-3-20-28-21-14-6-4-5-7-15-22-31-27-29-25(23-16-10-8-11-17-23)26(30-27)24-18-12-9-13-19-24/h8-13,16-19,28H,2-7,14-15,20-22H2,1H3,(H,29,30). The summed E-state index contributed by atoms with van der Waals surface area (Å²) in [4.78, 5) is 8.53. The maximum absolute atomic E-state index is 4.95. The van der Waals surface area contributed by atoms with Crippen LogP contribution in [0.15, 0.2) is 65.8 Å². The number of hydrogen-bond acceptors (Lipinski definition) is 3. The average molecular weight is 436 g/mol. The summed E-state index contributed by atoms with van der Waals surface area (Å²) < 4.78 is 0. The maximum atomic E-state index is 4.95. The van der Waals surface area contributed by atoms with Crippen molar-refractivity contribution in [2.45, 2.75) is 63.4 Å². The van der Waals surface area contributed by atoms with Gasteiger partial charge in [-0.2, -0.15) is 0 Å². The van der Waals surface area contributed by atoms with Crippen LogP contribution in [0.1, 0.15) is 58.3 Å². The highest BCUT2D eigenvalue weighted by Gasteiger charge is 2.14. The number of rotatable bonds is 15. The van der Waals surface area contributed by atoms with Crippen LogP contribution in [0.5, 0.6) is 0 Å². The number of aromatic nitrogens is 2. The van der Waals surface area contributed by atoms with Gasteiger partial charge in [-0.25, -0.2) is 4.98 Å². The number of nitrogens with zero attached hydrogens (tertiary/aromatic N) is 1. The number of unbranched alkanes of at least 4 members (excludes halogenated alkanes) is 6. The highest BCUT2D eigenvalue weighted by Crippen LogP contribution is 2.32. The topological polar surface area (TPSA) is 40.7 Å². The summed E-state index contributed by atoms with van der Waals surface area (Å²) in [5.74, 6) is 1.12. The number of benzene rings is 2. The third-order valence-corrected chi connectivity index (χ3v) is 6.45. The zero-order valence-electron chi connectivity index (χ0n) is 18.9.